The van der Waals surface area contributed by atoms with Crippen LogP contribution in [0, 0.1) is 17.2 Å². The molecule has 7 heteroatoms. The van der Waals surface area contributed by atoms with Gasteiger partial charge in [0.05, 0.1) is 23.4 Å². The quantitative estimate of drug-likeness (QED) is 0.591. The summed E-state index contributed by atoms with van der Waals surface area (Å²) in [5.74, 6) is 0.764. The molecule has 1 fully saturated rings. The topological polar surface area (TPSA) is 78.2 Å². The lowest BCUT2D eigenvalue weighted by Crippen LogP contribution is -2.40. The molecule has 4 rings (SSSR count). The van der Waals surface area contributed by atoms with Crippen LogP contribution in [0.25, 0.3) is 10.9 Å². The number of carbonyl (C=O) groups is 1. The van der Waals surface area contributed by atoms with Crippen LogP contribution in [0.4, 0.5) is 5.69 Å². The summed E-state index contributed by atoms with van der Waals surface area (Å²) in [5, 5.41) is 14.3. The van der Waals surface area contributed by atoms with Crippen LogP contribution < -0.4 is 15.0 Å². The van der Waals surface area contributed by atoms with E-state index in [4.69, 9.17) is 16.3 Å². The van der Waals surface area contributed by atoms with E-state index >= 15 is 0 Å². The molecule has 0 spiro atoms. The van der Waals surface area contributed by atoms with Crippen LogP contribution in [0.5, 0.6) is 5.75 Å². The second-order valence-corrected chi connectivity index (χ2v) is 8.29. The average Bonchev–Trinajstić information content (AvgIpc) is 2.82. The van der Waals surface area contributed by atoms with Crippen molar-refractivity contribution in [1.29, 1.82) is 5.26 Å². The second-order valence-electron chi connectivity index (χ2n) is 7.85. The molecule has 1 amide bonds. The number of hydrogen-bond donors (Lipinski definition) is 1. The zero-order valence-corrected chi connectivity index (χ0v) is 18.7. The highest BCUT2D eigenvalue weighted by Gasteiger charge is 2.27. The Balaban J connectivity index is 1.47. The van der Waals surface area contributed by atoms with Crippen molar-refractivity contribution < 1.29 is 9.53 Å². The number of amides is 1. The highest BCUT2D eigenvalue weighted by Crippen LogP contribution is 2.34. The van der Waals surface area contributed by atoms with Gasteiger partial charge in [0, 0.05) is 42.2 Å². The summed E-state index contributed by atoms with van der Waals surface area (Å²) in [7, 11) is 0. The molecule has 1 aliphatic rings. The van der Waals surface area contributed by atoms with Crippen molar-refractivity contribution in [2.24, 2.45) is 5.92 Å². The molecule has 1 N–H and O–H groups in total. The van der Waals surface area contributed by atoms with Crippen LogP contribution >= 0.6 is 11.6 Å². The minimum absolute atomic E-state index is 0.0527. The SMILES string of the molecule is CCOc1ccc2ncc(C#N)c(N3CCC(C(=O)NCc4cccc(Cl)c4)CC3)c2c1. The van der Waals surface area contributed by atoms with E-state index in [2.05, 4.69) is 21.3 Å². The smallest absolute Gasteiger partial charge is 0.223 e. The third-order valence-electron chi connectivity index (χ3n) is 5.78. The van der Waals surface area contributed by atoms with Gasteiger partial charge in [0.1, 0.15) is 11.8 Å². The van der Waals surface area contributed by atoms with Gasteiger partial charge in [-0.3, -0.25) is 9.78 Å². The molecule has 0 saturated carbocycles. The first-order valence-corrected chi connectivity index (χ1v) is 11.2. The van der Waals surface area contributed by atoms with Crippen molar-refractivity contribution in [1.82, 2.24) is 10.3 Å². The molecule has 1 aliphatic heterocycles. The lowest BCUT2D eigenvalue weighted by molar-refractivity contribution is -0.125. The number of nitrogens with one attached hydrogen (secondary N) is 1. The van der Waals surface area contributed by atoms with E-state index in [9.17, 15) is 10.1 Å². The second kappa shape index (κ2) is 9.88. The maximum atomic E-state index is 12.7. The minimum atomic E-state index is -0.0527. The van der Waals surface area contributed by atoms with Crippen molar-refractivity contribution in [2.75, 3.05) is 24.6 Å². The number of hydrogen-bond acceptors (Lipinski definition) is 5. The molecule has 6 nitrogen and oxygen atoms in total. The fraction of sp³-hybridized carbons (Fsp3) is 0.320. The van der Waals surface area contributed by atoms with E-state index in [1.54, 1.807) is 6.20 Å². The van der Waals surface area contributed by atoms with Gasteiger partial charge in [0.15, 0.2) is 0 Å². The third kappa shape index (κ3) is 4.79. The number of carbonyl (C=O) groups excluding carboxylic acids is 1. The van der Waals surface area contributed by atoms with E-state index in [1.165, 1.54) is 0 Å². The molecular formula is C25H25ClN4O2. The molecule has 0 atom stereocenters. The van der Waals surface area contributed by atoms with Crippen molar-refractivity contribution in [2.45, 2.75) is 26.3 Å². The lowest BCUT2D eigenvalue weighted by atomic mass is 9.94. The largest absolute Gasteiger partial charge is 0.494 e. The first-order valence-electron chi connectivity index (χ1n) is 10.8. The lowest BCUT2D eigenvalue weighted by Gasteiger charge is -2.34. The summed E-state index contributed by atoms with van der Waals surface area (Å²) >= 11 is 6.02. The fourth-order valence-electron chi connectivity index (χ4n) is 4.18. The number of anilines is 1. The van der Waals surface area contributed by atoms with Crippen LogP contribution in [0.3, 0.4) is 0 Å². The number of nitrogens with zero attached hydrogens (tertiary/aromatic N) is 3. The molecule has 1 aromatic heterocycles. The van der Waals surface area contributed by atoms with Gasteiger partial charge >= 0.3 is 0 Å². The Labute approximate surface area is 192 Å². The Morgan fingerprint density at radius 1 is 1.28 bits per heavy atom. The summed E-state index contributed by atoms with van der Waals surface area (Å²) in [4.78, 5) is 19.3. The first-order chi connectivity index (χ1) is 15.6. The summed E-state index contributed by atoms with van der Waals surface area (Å²) in [6.07, 6.45) is 3.07. The molecule has 2 aromatic carbocycles. The normalized spacial score (nSPS) is 14.2. The molecule has 0 aliphatic carbocycles. The van der Waals surface area contributed by atoms with E-state index < -0.39 is 0 Å². The predicted molar refractivity (Wildman–Crippen MR) is 126 cm³/mol. The Morgan fingerprint density at radius 3 is 2.81 bits per heavy atom. The number of rotatable bonds is 6. The zero-order valence-electron chi connectivity index (χ0n) is 18.0. The molecule has 1 saturated heterocycles. The minimum Gasteiger partial charge on any atom is -0.494 e. The Kier molecular flexibility index (Phi) is 6.77. The Morgan fingerprint density at radius 2 is 2.09 bits per heavy atom. The van der Waals surface area contributed by atoms with Crippen LogP contribution in [-0.2, 0) is 11.3 Å². The van der Waals surface area contributed by atoms with Crippen molar-refractivity contribution in [3.8, 4) is 11.8 Å². The first kappa shape index (κ1) is 21.9. The zero-order chi connectivity index (χ0) is 22.5. The number of nitriles is 1. The molecule has 0 bridgehead atoms. The van der Waals surface area contributed by atoms with Crippen LogP contribution in [0.1, 0.15) is 30.9 Å². The fourth-order valence-corrected chi connectivity index (χ4v) is 4.40. The molecule has 2 heterocycles. The number of aromatic nitrogens is 1. The Bertz CT molecular complexity index is 1170. The molecule has 164 valence electrons. The van der Waals surface area contributed by atoms with Gasteiger partial charge in [0.25, 0.3) is 0 Å². The molecule has 0 radical (unpaired) electrons. The van der Waals surface area contributed by atoms with Crippen molar-refractivity contribution in [3.63, 3.8) is 0 Å². The van der Waals surface area contributed by atoms with Gasteiger partial charge in [-0.2, -0.15) is 5.26 Å². The molecule has 3 aromatic rings. The summed E-state index contributed by atoms with van der Waals surface area (Å²) in [5.41, 5.74) is 3.21. The van der Waals surface area contributed by atoms with Crippen molar-refractivity contribution >= 4 is 34.1 Å². The number of ether oxygens (including phenoxy) is 1. The number of piperidine rings is 1. The molecular weight excluding hydrogens is 424 g/mol. The van der Waals surface area contributed by atoms with Gasteiger partial charge in [-0.05, 0) is 55.7 Å². The van der Waals surface area contributed by atoms with Crippen LogP contribution in [-0.4, -0.2) is 30.6 Å². The number of halogens is 1. The number of fused-ring (bicyclic) bond motifs is 1. The van der Waals surface area contributed by atoms with Crippen LogP contribution in [0.15, 0.2) is 48.7 Å². The van der Waals surface area contributed by atoms with Gasteiger partial charge in [-0.25, -0.2) is 0 Å². The average molecular weight is 449 g/mol. The highest BCUT2D eigenvalue weighted by molar-refractivity contribution is 6.30. The monoisotopic (exact) mass is 448 g/mol. The molecule has 0 unspecified atom stereocenters. The summed E-state index contributed by atoms with van der Waals surface area (Å²) in [6, 6.07) is 15.5. The van der Waals surface area contributed by atoms with E-state index in [-0.39, 0.29) is 11.8 Å². The summed E-state index contributed by atoms with van der Waals surface area (Å²) in [6.45, 7) is 4.37. The summed E-state index contributed by atoms with van der Waals surface area (Å²) < 4.78 is 5.66. The predicted octanol–water partition coefficient (Wildman–Crippen LogP) is 4.69. The van der Waals surface area contributed by atoms with Gasteiger partial charge in [-0.1, -0.05) is 23.7 Å². The number of benzene rings is 2. The highest BCUT2D eigenvalue weighted by atomic mass is 35.5. The maximum absolute atomic E-state index is 12.7. The Hall–Kier alpha value is -3.30. The molecule has 32 heavy (non-hydrogen) atoms. The van der Waals surface area contributed by atoms with Crippen molar-refractivity contribution in [3.05, 3.63) is 64.8 Å². The van der Waals surface area contributed by atoms with Gasteiger partial charge in [-0.15, -0.1) is 0 Å². The van der Waals surface area contributed by atoms with Gasteiger partial charge < -0.3 is 15.0 Å². The van der Waals surface area contributed by atoms with E-state index in [0.717, 1.165) is 40.7 Å². The van der Waals surface area contributed by atoms with E-state index in [0.29, 0.717) is 36.8 Å². The maximum Gasteiger partial charge on any atom is 0.223 e. The third-order valence-corrected chi connectivity index (χ3v) is 6.02. The van der Waals surface area contributed by atoms with Gasteiger partial charge in [0.2, 0.25) is 5.91 Å². The standard InChI is InChI=1S/C25H25ClN4O2/c1-2-32-21-6-7-23-22(13-21)24(19(14-27)16-28-23)30-10-8-18(9-11-30)25(31)29-15-17-4-3-5-20(26)12-17/h3-7,12-13,16,18H,2,8-11,15H2,1H3,(H,29,31). The van der Waals surface area contributed by atoms with Crippen LogP contribution in [0.2, 0.25) is 5.02 Å². The van der Waals surface area contributed by atoms with E-state index in [1.807, 2.05) is 49.4 Å². The number of pyridine rings is 1.